The molecule has 3 amide bonds. The molecule has 0 aliphatic carbocycles. The van der Waals surface area contributed by atoms with Crippen molar-refractivity contribution >= 4 is 69.9 Å². The molecule has 1 fully saturated rings. The van der Waals surface area contributed by atoms with Gasteiger partial charge in [-0.15, -0.1) is 28.2 Å². The number of nitrogens with zero attached hydrogens (tertiary/aromatic N) is 7. The van der Waals surface area contributed by atoms with Crippen molar-refractivity contribution in [2.45, 2.75) is 22.7 Å². The number of aryl methyl sites for hydroxylation is 1. The Morgan fingerprint density at radius 1 is 1.41 bits per heavy atom. The van der Waals surface area contributed by atoms with Gasteiger partial charge in [-0.25, -0.2) is 14.5 Å². The maximum absolute atomic E-state index is 13.0. The molecule has 0 radical (unpaired) electrons. The number of aliphatic carboxylic acids is 1. The lowest BCUT2D eigenvalue weighted by Gasteiger charge is -2.49. The van der Waals surface area contributed by atoms with Crippen LogP contribution in [0, 0.1) is 0 Å². The molecule has 2 aromatic rings. The van der Waals surface area contributed by atoms with Crippen molar-refractivity contribution in [3.05, 3.63) is 22.3 Å². The summed E-state index contributed by atoms with van der Waals surface area (Å²) in [6.07, 6.45) is -4.43. The summed E-state index contributed by atoms with van der Waals surface area (Å²) >= 11 is 3.24. The van der Waals surface area contributed by atoms with Crippen molar-refractivity contribution in [1.29, 1.82) is 0 Å². The second-order valence-electron chi connectivity index (χ2n) is 7.62. The fraction of sp³-hybridized carbons (Fsp3) is 0.389. The molecule has 4 heterocycles. The Balaban J connectivity index is 1.50. The van der Waals surface area contributed by atoms with Crippen LogP contribution in [0.25, 0.3) is 0 Å². The van der Waals surface area contributed by atoms with Gasteiger partial charge in [-0.1, -0.05) is 16.9 Å². The first-order chi connectivity index (χ1) is 18.5. The molecular weight excluding hydrogens is 591 g/mol. The highest BCUT2D eigenvalue weighted by atomic mass is 32.2. The summed E-state index contributed by atoms with van der Waals surface area (Å²) in [7, 11) is 1.61. The minimum atomic E-state index is -4.74. The predicted molar refractivity (Wildman–Crippen MR) is 130 cm³/mol. The van der Waals surface area contributed by atoms with Crippen LogP contribution in [0.1, 0.15) is 5.69 Å². The molecule has 15 nitrogen and oxygen atoms in total. The van der Waals surface area contributed by atoms with Gasteiger partial charge < -0.3 is 20.6 Å². The normalized spacial score (nSPS) is 19.3. The number of carboxylic acid groups (broad SMARTS) is 1. The molecule has 2 aliphatic rings. The monoisotopic (exact) mass is 607 g/mol. The highest BCUT2D eigenvalue weighted by Crippen LogP contribution is 2.41. The number of anilines is 1. The van der Waals surface area contributed by atoms with E-state index in [-0.39, 0.29) is 28.0 Å². The maximum atomic E-state index is 13.0. The Kier molecular flexibility index (Phi) is 8.39. The topological polar surface area (TPSA) is 194 Å². The number of carbonyl (C=O) groups excluding carboxylic acids is 3. The second kappa shape index (κ2) is 11.6. The van der Waals surface area contributed by atoms with E-state index in [0.29, 0.717) is 17.1 Å². The SMILES string of the molecule is Cn1nnnc1SCC1=C(C(=O)O)N2C(=O)C(NC(=O)/C(=N\OCC(F)(F)F)c3csc(NC=O)n3)[C@H]2SC1. The van der Waals surface area contributed by atoms with Gasteiger partial charge in [-0.3, -0.25) is 19.3 Å². The van der Waals surface area contributed by atoms with Gasteiger partial charge >= 0.3 is 12.1 Å². The summed E-state index contributed by atoms with van der Waals surface area (Å²) in [5.41, 5.74) is -0.684. The van der Waals surface area contributed by atoms with Gasteiger partial charge in [0.15, 0.2) is 10.8 Å². The number of tetrazole rings is 1. The Morgan fingerprint density at radius 3 is 2.82 bits per heavy atom. The second-order valence-corrected chi connectivity index (χ2v) is 10.5. The molecule has 39 heavy (non-hydrogen) atoms. The third-order valence-corrected chi connectivity index (χ3v) is 8.23. The summed E-state index contributed by atoms with van der Waals surface area (Å²) < 4.78 is 39.0. The van der Waals surface area contributed by atoms with Crippen LogP contribution in [0.3, 0.4) is 0 Å². The summed E-state index contributed by atoms with van der Waals surface area (Å²) in [4.78, 5) is 57.8. The number of halogens is 3. The number of hydrogen-bond donors (Lipinski definition) is 3. The van der Waals surface area contributed by atoms with Crippen molar-refractivity contribution in [1.82, 2.24) is 35.4 Å². The Morgan fingerprint density at radius 2 is 2.18 bits per heavy atom. The first-order valence-electron chi connectivity index (χ1n) is 10.5. The van der Waals surface area contributed by atoms with E-state index in [1.807, 2.05) is 0 Å². The molecule has 0 bridgehead atoms. The number of aromatic nitrogens is 5. The van der Waals surface area contributed by atoms with Crippen molar-refractivity contribution in [3.8, 4) is 0 Å². The maximum Gasteiger partial charge on any atom is 0.425 e. The molecule has 0 spiro atoms. The minimum Gasteiger partial charge on any atom is -0.477 e. The van der Waals surface area contributed by atoms with Crippen LogP contribution < -0.4 is 10.6 Å². The molecule has 4 rings (SSSR count). The lowest BCUT2D eigenvalue weighted by Crippen LogP contribution is -2.71. The molecule has 2 aromatic heterocycles. The number of thiazole rings is 1. The van der Waals surface area contributed by atoms with Gasteiger partial charge in [0.05, 0.1) is 0 Å². The fourth-order valence-corrected chi connectivity index (χ4v) is 6.36. The van der Waals surface area contributed by atoms with Crippen LogP contribution in [0.2, 0.25) is 0 Å². The largest absolute Gasteiger partial charge is 0.477 e. The van der Waals surface area contributed by atoms with E-state index in [1.54, 1.807) is 7.05 Å². The number of rotatable bonds is 11. The van der Waals surface area contributed by atoms with E-state index in [2.05, 4.69) is 41.1 Å². The number of hydrogen-bond acceptors (Lipinski definition) is 13. The number of oxime groups is 1. The van der Waals surface area contributed by atoms with Crippen LogP contribution in [-0.2, 0) is 31.1 Å². The van der Waals surface area contributed by atoms with Gasteiger partial charge in [-0.05, 0) is 16.0 Å². The summed E-state index contributed by atoms with van der Waals surface area (Å²) in [6.45, 7) is -1.79. The molecule has 3 N–H and O–H groups in total. The Bertz CT molecular complexity index is 1360. The number of alkyl halides is 3. The molecule has 208 valence electrons. The Labute approximate surface area is 228 Å². The quantitative estimate of drug-likeness (QED) is 0.102. The molecule has 0 aromatic carbocycles. The third-order valence-electron chi connectivity index (χ3n) is 5.02. The van der Waals surface area contributed by atoms with Gasteiger partial charge in [0, 0.05) is 23.9 Å². The third kappa shape index (κ3) is 6.30. The minimum absolute atomic E-state index is 0.0313. The standard InChI is InChI=1S/C18H16F3N9O6S3/c1-29-17(25-27-28-29)39-3-7-2-37-14-10(13(33)30(14)11(7)15(34)35)24-12(32)9(26-36-5-18(19,20)21)8-4-38-16(23-8)22-6-31/h4,6,10,14H,2-3,5H2,1H3,(H,24,32)(H,34,35)(H,22,23,31)/b26-9-/t10?,14-/m1/s1. The number of fused-ring (bicyclic) bond motifs is 1. The van der Waals surface area contributed by atoms with Gasteiger partial charge in [0.2, 0.25) is 18.2 Å². The number of carbonyl (C=O) groups is 4. The lowest BCUT2D eigenvalue weighted by molar-refractivity contribution is -0.174. The zero-order valence-electron chi connectivity index (χ0n) is 19.4. The van der Waals surface area contributed by atoms with Crippen molar-refractivity contribution in [3.63, 3.8) is 0 Å². The summed E-state index contributed by atoms with van der Waals surface area (Å²) in [5, 5.41) is 29.6. The average molecular weight is 608 g/mol. The molecule has 1 saturated heterocycles. The van der Waals surface area contributed by atoms with Gasteiger partial charge in [0.1, 0.15) is 22.8 Å². The zero-order valence-corrected chi connectivity index (χ0v) is 21.9. The van der Waals surface area contributed by atoms with Crippen LogP contribution in [0.4, 0.5) is 18.3 Å². The van der Waals surface area contributed by atoms with Crippen molar-refractivity contribution in [2.24, 2.45) is 12.2 Å². The highest BCUT2D eigenvalue weighted by Gasteiger charge is 2.54. The lowest BCUT2D eigenvalue weighted by atomic mass is 10.0. The van der Waals surface area contributed by atoms with E-state index in [1.165, 1.54) is 33.6 Å². The van der Waals surface area contributed by atoms with Gasteiger partial charge in [-0.2, -0.15) is 13.2 Å². The summed E-state index contributed by atoms with van der Waals surface area (Å²) in [6, 6.07) is -1.20. The fourth-order valence-electron chi connectivity index (χ4n) is 3.37. The van der Waals surface area contributed by atoms with E-state index >= 15 is 0 Å². The smallest absolute Gasteiger partial charge is 0.425 e. The molecule has 0 saturated carbocycles. The van der Waals surface area contributed by atoms with Crippen LogP contribution in [0.5, 0.6) is 0 Å². The number of β-lactam (4-membered cyclic amide) rings is 1. The Hall–Kier alpha value is -3.72. The molecule has 2 aliphatic heterocycles. The predicted octanol–water partition coefficient (Wildman–Crippen LogP) is 0.0488. The van der Waals surface area contributed by atoms with E-state index < -0.39 is 47.7 Å². The number of nitrogens with one attached hydrogen (secondary N) is 2. The number of carboxylic acids is 1. The molecule has 1 unspecified atom stereocenters. The van der Waals surface area contributed by atoms with E-state index in [4.69, 9.17) is 0 Å². The molecule has 21 heteroatoms. The van der Waals surface area contributed by atoms with E-state index in [0.717, 1.165) is 16.2 Å². The summed E-state index contributed by atoms with van der Waals surface area (Å²) in [5.74, 6) is -2.77. The van der Waals surface area contributed by atoms with Crippen molar-refractivity contribution in [2.75, 3.05) is 23.4 Å². The van der Waals surface area contributed by atoms with Crippen LogP contribution in [-0.4, -0.2) is 101 Å². The first-order valence-corrected chi connectivity index (χ1v) is 13.4. The number of thioether (sulfide) groups is 2. The molecular formula is C18H16F3N9O6S3. The van der Waals surface area contributed by atoms with Gasteiger partial charge in [0.25, 0.3) is 11.8 Å². The molecule has 2 atom stereocenters. The number of amides is 3. The highest BCUT2D eigenvalue weighted by molar-refractivity contribution is 8.01. The first kappa shape index (κ1) is 28.3. The average Bonchev–Trinajstić information content (AvgIpc) is 3.51. The zero-order chi connectivity index (χ0) is 28.3. The van der Waals surface area contributed by atoms with Crippen molar-refractivity contribution < 1.29 is 42.3 Å². The van der Waals surface area contributed by atoms with E-state index in [9.17, 15) is 37.5 Å². The van der Waals surface area contributed by atoms with Crippen LogP contribution in [0.15, 0.2) is 27.0 Å². The van der Waals surface area contributed by atoms with Crippen LogP contribution >= 0.6 is 34.9 Å².